The largest absolute Gasteiger partial charge is 0.472 e. The average molecular weight is 871 g/mol. The molecule has 1 heterocycles. The first-order valence-corrected chi connectivity index (χ1v) is 24.2. The lowest BCUT2D eigenvalue weighted by Gasteiger charge is -2.24. The number of carbonyl (C=O) groups is 2. The first kappa shape index (κ1) is 55.6. The summed E-state index contributed by atoms with van der Waals surface area (Å²) < 4.78 is 39.8. The van der Waals surface area contributed by atoms with E-state index in [-0.39, 0.29) is 26.1 Å². The molecule has 0 bridgehead atoms. The average Bonchev–Trinajstić information content (AvgIpc) is 3.97. The number of epoxide rings is 1. The van der Waals surface area contributed by atoms with Crippen molar-refractivity contribution >= 4 is 19.8 Å². The van der Waals surface area contributed by atoms with E-state index in [0.717, 1.165) is 64.2 Å². The first-order chi connectivity index (χ1) is 29.5. The number of quaternary nitrogens is 1. The third kappa shape index (κ3) is 38.1. The quantitative estimate of drug-likeness (QED) is 0.0161. The van der Waals surface area contributed by atoms with Gasteiger partial charge < -0.3 is 23.6 Å². The Balaban J connectivity index is 2.37. The van der Waals surface area contributed by atoms with E-state index in [9.17, 15) is 19.0 Å². The van der Waals surface area contributed by atoms with Gasteiger partial charge in [-0.25, -0.2) is 4.57 Å². The summed E-state index contributed by atoms with van der Waals surface area (Å²) in [6.45, 7) is 4.09. The normalized spacial score (nSPS) is 17.9. The van der Waals surface area contributed by atoms with Gasteiger partial charge in [-0.1, -0.05) is 136 Å². The van der Waals surface area contributed by atoms with Gasteiger partial charge in [0.2, 0.25) is 0 Å². The maximum atomic E-state index is 12.7. The number of esters is 2. The molecule has 344 valence electrons. The molecule has 0 aromatic rings. The van der Waals surface area contributed by atoms with Gasteiger partial charge in [0.05, 0.1) is 40.0 Å². The van der Waals surface area contributed by atoms with Crippen molar-refractivity contribution < 1.29 is 46.8 Å². The lowest BCUT2D eigenvalue weighted by molar-refractivity contribution is -0.870. The van der Waals surface area contributed by atoms with E-state index in [0.29, 0.717) is 36.1 Å². The zero-order chi connectivity index (χ0) is 44.7. The number of ether oxygens (including phenoxy) is 3. The van der Waals surface area contributed by atoms with Crippen molar-refractivity contribution in [3.63, 3.8) is 0 Å². The molecule has 4 atom stereocenters. The van der Waals surface area contributed by atoms with Gasteiger partial charge in [-0.3, -0.25) is 18.6 Å². The number of unbranched alkanes of at least 4 members (excludes halogenated alkanes) is 4. The van der Waals surface area contributed by atoms with Crippen LogP contribution in [0.5, 0.6) is 0 Å². The number of likely N-dealkylation sites (N-methyl/N-ethyl adjacent to an activating group) is 1. The van der Waals surface area contributed by atoms with Gasteiger partial charge in [0, 0.05) is 12.8 Å². The highest BCUT2D eigenvalue weighted by Crippen LogP contribution is 2.43. The van der Waals surface area contributed by atoms with Gasteiger partial charge in [0.25, 0.3) is 0 Å². The molecule has 0 aromatic heterocycles. The minimum Gasteiger partial charge on any atom is -0.462 e. The molecule has 1 saturated heterocycles. The monoisotopic (exact) mass is 871 g/mol. The van der Waals surface area contributed by atoms with Crippen molar-refractivity contribution in [2.24, 2.45) is 0 Å². The summed E-state index contributed by atoms with van der Waals surface area (Å²) in [5.41, 5.74) is 0. The van der Waals surface area contributed by atoms with Crippen molar-refractivity contribution in [2.75, 3.05) is 47.5 Å². The molecule has 1 aliphatic rings. The fourth-order valence-electron chi connectivity index (χ4n) is 5.54. The number of rotatable bonds is 38. The molecule has 61 heavy (non-hydrogen) atoms. The molecule has 1 rings (SSSR count). The summed E-state index contributed by atoms with van der Waals surface area (Å²) >= 11 is 0. The van der Waals surface area contributed by atoms with E-state index in [1.807, 2.05) is 39.4 Å². The third-order valence-electron chi connectivity index (χ3n) is 9.20. The molecular formula is C50H81NO9P+. The number of allylic oxidation sites excluding steroid dienone is 16. The molecule has 0 aromatic carbocycles. The van der Waals surface area contributed by atoms with Crippen molar-refractivity contribution in [3.8, 4) is 0 Å². The zero-order valence-corrected chi connectivity index (χ0v) is 39.2. The summed E-state index contributed by atoms with van der Waals surface area (Å²) in [4.78, 5) is 35.4. The Morgan fingerprint density at radius 1 is 0.607 bits per heavy atom. The second-order valence-electron chi connectivity index (χ2n) is 16.1. The van der Waals surface area contributed by atoms with E-state index in [4.69, 9.17) is 23.3 Å². The Morgan fingerprint density at radius 2 is 1.10 bits per heavy atom. The molecule has 1 N–H and O–H groups in total. The highest BCUT2D eigenvalue weighted by Gasteiger charge is 2.36. The van der Waals surface area contributed by atoms with Crippen LogP contribution in [0.4, 0.5) is 0 Å². The molecule has 0 radical (unpaired) electrons. The molecule has 11 heteroatoms. The predicted molar refractivity (Wildman–Crippen MR) is 251 cm³/mol. The molecule has 0 aliphatic carbocycles. The van der Waals surface area contributed by atoms with E-state index in [2.05, 4.69) is 105 Å². The second kappa shape index (κ2) is 37.2. The number of hydrogen-bond donors (Lipinski definition) is 1. The van der Waals surface area contributed by atoms with Crippen LogP contribution >= 0.6 is 7.82 Å². The van der Waals surface area contributed by atoms with Gasteiger partial charge in [0.1, 0.15) is 19.8 Å². The van der Waals surface area contributed by atoms with Crippen LogP contribution in [0, 0.1) is 0 Å². The van der Waals surface area contributed by atoms with E-state index in [1.165, 1.54) is 25.7 Å². The SMILES string of the molecule is CC/C=C\CC1OC1C/C=C\C/C=C\C/C=C\C/C=C\CCC(=O)O[C@H](COC(=O)CCC/C=C\C/C=C\C/C=C\C/C=C\CCCCC)COP(=O)(O)OCC[N+](C)(C)C. The van der Waals surface area contributed by atoms with E-state index >= 15 is 0 Å². The van der Waals surface area contributed by atoms with Gasteiger partial charge in [-0.05, 0) is 89.9 Å². The first-order valence-electron chi connectivity index (χ1n) is 22.7. The number of phosphoric ester groups is 1. The van der Waals surface area contributed by atoms with Gasteiger partial charge in [-0.2, -0.15) is 0 Å². The van der Waals surface area contributed by atoms with Crippen LogP contribution in [0.15, 0.2) is 109 Å². The van der Waals surface area contributed by atoms with Crippen LogP contribution in [-0.2, 0) is 37.4 Å². The Kier molecular flexibility index (Phi) is 33.9. The fourth-order valence-corrected chi connectivity index (χ4v) is 6.28. The highest BCUT2D eigenvalue weighted by atomic mass is 31.2. The van der Waals surface area contributed by atoms with Crippen LogP contribution in [-0.4, -0.2) is 87.1 Å². The maximum Gasteiger partial charge on any atom is 0.472 e. The van der Waals surface area contributed by atoms with Gasteiger partial charge in [-0.15, -0.1) is 0 Å². The highest BCUT2D eigenvalue weighted by molar-refractivity contribution is 7.47. The standard InChI is InChI=1S/C50H80NO9P/c1-6-8-10-11-12-13-14-15-16-17-18-19-23-26-29-32-36-40-49(52)56-44-46(45-58-61(54,55)57-43-42-51(3,4)5)59-50(53)41-37-33-30-27-24-21-20-22-25-28-31-35-39-48-47(60-48)38-34-9-7-2/h9,12-13,15-16,18-19,21-22,24-26,29-31,33-35,46-48H,6-8,10-11,14,17,20,23,27-28,32,36-45H2,1-5H3/p+1/b13-12-,16-15-,19-18-,24-21-,25-22-,29-26-,33-30-,34-9-,35-31-/t46-,47?,48?/m1/s1. The number of carbonyl (C=O) groups excluding carboxylic acids is 2. The smallest absolute Gasteiger partial charge is 0.462 e. The summed E-state index contributed by atoms with van der Waals surface area (Å²) in [6, 6.07) is 0. The van der Waals surface area contributed by atoms with Crippen molar-refractivity contribution in [2.45, 2.75) is 148 Å². The van der Waals surface area contributed by atoms with Crippen LogP contribution in [0.1, 0.15) is 129 Å². The molecule has 0 amide bonds. The van der Waals surface area contributed by atoms with Crippen molar-refractivity contribution in [1.82, 2.24) is 0 Å². The van der Waals surface area contributed by atoms with Crippen LogP contribution in [0.3, 0.4) is 0 Å². The zero-order valence-electron chi connectivity index (χ0n) is 38.3. The molecule has 1 fully saturated rings. The number of hydrogen-bond acceptors (Lipinski definition) is 8. The minimum absolute atomic E-state index is 0.00104. The van der Waals surface area contributed by atoms with Crippen molar-refractivity contribution in [3.05, 3.63) is 109 Å². The van der Waals surface area contributed by atoms with Gasteiger partial charge in [0.15, 0.2) is 6.10 Å². The number of nitrogens with zero attached hydrogens (tertiary/aromatic N) is 1. The Morgan fingerprint density at radius 3 is 1.62 bits per heavy atom. The van der Waals surface area contributed by atoms with Crippen LogP contribution in [0.2, 0.25) is 0 Å². The van der Waals surface area contributed by atoms with Crippen molar-refractivity contribution in [1.29, 1.82) is 0 Å². The Bertz CT molecular complexity index is 1470. The molecule has 0 spiro atoms. The molecule has 10 nitrogen and oxygen atoms in total. The van der Waals surface area contributed by atoms with Crippen LogP contribution in [0.25, 0.3) is 0 Å². The maximum absolute atomic E-state index is 12.7. The third-order valence-corrected chi connectivity index (χ3v) is 10.2. The minimum atomic E-state index is -4.42. The fraction of sp³-hybridized carbons (Fsp3) is 0.600. The summed E-state index contributed by atoms with van der Waals surface area (Å²) in [6.07, 6.45) is 53.4. The Hall–Kier alpha value is -3.37. The summed E-state index contributed by atoms with van der Waals surface area (Å²) in [5, 5.41) is 0. The molecule has 1 aliphatic heterocycles. The lowest BCUT2D eigenvalue weighted by Crippen LogP contribution is -2.37. The van der Waals surface area contributed by atoms with E-state index < -0.39 is 32.5 Å². The van der Waals surface area contributed by atoms with E-state index in [1.54, 1.807) is 0 Å². The number of phosphoric acid groups is 1. The molecular weight excluding hydrogens is 790 g/mol. The molecule has 3 unspecified atom stereocenters. The van der Waals surface area contributed by atoms with Crippen LogP contribution < -0.4 is 0 Å². The van der Waals surface area contributed by atoms with Gasteiger partial charge >= 0.3 is 19.8 Å². The molecule has 0 saturated carbocycles. The predicted octanol–water partition coefficient (Wildman–Crippen LogP) is 12.1. The lowest BCUT2D eigenvalue weighted by atomic mass is 10.1. The topological polar surface area (TPSA) is 121 Å². The summed E-state index contributed by atoms with van der Waals surface area (Å²) in [5.74, 6) is -0.979. The second-order valence-corrected chi connectivity index (χ2v) is 17.5. The summed E-state index contributed by atoms with van der Waals surface area (Å²) in [7, 11) is 1.37. The Labute approximate surface area is 370 Å².